The summed E-state index contributed by atoms with van der Waals surface area (Å²) < 4.78 is 5.55. The van der Waals surface area contributed by atoms with Crippen LogP contribution in [-0.4, -0.2) is 34.8 Å². The number of para-hydroxylation sites is 1. The third-order valence-electron chi connectivity index (χ3n) is 5.82. The maximum atomic E-state index is 13.6. The summed E-state index contributed by atoms with van der Waals surface area (Å²) in [6.07, 6.45) is 4.19. The van der Waals surface area contributed by atoms with E-state index in [1.54, 1.807) is 18.5 Å². The van der Waals surface area contributed by atoms with Crippen molar-refractivity contribution in [3.8, 4) is 5.75 Å². The third kappa shape index (κ3) is 3.43. The number of carbonyl (C=O) groups is 2. The number of ether oxygens (including phenoxy) is 1. The summed E-state index contributed by atoms with van der Waals surface area (Å²) in [5, 5.41) is 0. The minimum absolute atomic E-state index is 0.186. The maximum absolute atomic E-state index is 13.6. The van der Waals surface area contributed by atoms with E-state index >= 15 is 0 Å². The Bertz CT molecular complexity index is 1200. The molecule has 1 aromatic heterocycles. The highest BCUT2D eigenvalue weighted by atomic mass is 16.5. The topological polar surface area (TPSA) is 62.7 Å². The van der Waals surface area contributed by atoms with Crippen molar-refractivity contribution < 1.29 is 14.3 Å². The van der Waals surface area contributed by atoms with Gasteiger partial charge in [0.05, 0.1) is 18.7 Å². The van der Waals surface area contributed by atoms with E-state index in [0.717, 1.165) is 23.4 Å². The van der Waals surface area contributed by atoms with Gasteiger partial charge in [0.2, 0.25) is 0 Å². The van der Waals surface area contributed by atoms with Gasteiger partial charge in [0.15, 0.2) is 0 Å². The molecular weight excluding hydrogens is 402 g/mol. The van der Waals surface area contributed by atoms with E-state index in [-0.39, 0.29) is 18.4 Å². The first-order valence-electron chi connectivity index (χ1n) is 10.8. The predicted octanol–water partition coefficient (Wildman–Crippen LogP) is 3.82. The first-order chi connectivity index (χ1) is 15.7. The lowest BCUT2D eigenvalue weighted by Gasteiger charge is -2.21. The van der Waals surface area contributed by atoms with Gasteiger partial charge in [-0.2, -0.15) is 0 Å². The van der Waals surface area contributed by atoms with Crippen LogP contribution < -0.4 is 9.64 Å². The molecule has 3 heterocycles. The second-order valence-corrected chi connectivity index (χ2v) is 7.77. The number of imide groups is 1. The van der Waals surface area contributed by atoms with Gasteiger partial charge in [-0.05, 0) is 54.3 Å². The average Bonchev–Trinajstić information content (AvgIpc) is 3.35. The minimum Gasteiger partial charge on any atom is -0.494 e. The summed E-state index contributed by atoms with van der Waals surface area (Å²) in [5.41, 5.74) is 4.54. The van der Waals surface area contributed by atoms with Crippen molar-refractivity contribution in [1.29, 1.82) is 0 Å². The molecule has 2 aliphatic heterocycles. The second kappa shape index (κ2) is 8.30. The van der Waals surface area contributed by atoms with Gasteiger partial charge in [-0.3, -0.25) is 19.5 Å². The molecule has 2 amide bonds. The fraction of sp³-hybridized carbons (Fsp3) is 0.192. The fourth-order valence-corrected chi connectivity index (χ4v) is 4.35. The van der Waals surface area contributed by atoms with Crippen LogP contribution in [-0.2, 0) is 22.6 Å². The van der Waals surface area contributed by atoms with Gasteiger partial charge in [0.1, 0.15) is 11.4 Å². The Morgan fingerprint density at radius 2 is 1.78 bits per heavy atom. The van der Waals surface area contributed by atoms with Crippen LogP contribution in [0.25, 0.3) is 5.57 Å². The van der Waals surface area contributed by atoms with E-state index in [1.165, 1.54) is 10.5 Å². The van der Waals surface area contributed by atoms with Crippen molar-refractivity contribution in [1.82, 2.24) is 9.88 Å². The molecule has 6 nitrogen and oxygen atoms in total. The molecular formula is C26H23N3O3. The van der Waals surface area contributed by atoms with Gasteiger partial charge in [-0.15, -0.1) is 0 Å². The number of benzene rings is 2. The normalized spacial score (nSPS) is 15.5. The number of pyridine rings is 1. The van der Waals surface area contributed by atoms with E-state index in [0.29, 0.717) is 30.0 Å². The Morgan fingerprint density at radius 3 is 2.53 bits per heavy atom. The van der Waals surface area contributed by atoms with Gasteiger partial charge in [-0.25, -0.2) is 0 Å². The van der Waals surface area contributed by atoms with Gasteiger partial charge in [0, 0.05) is 24.6 Å². The van der Waals surface area contributed by atoms with Crippen molar-refractivity contribution in [2.45, 2.75) is 19.9 Å². The van der Waals surface area contributed by atoms with Gasteiger partial charge in [-0.1, -0.05) is 36.4 Å². The summed E-state index contributed by atoms with van der Waals surface area (Å²) >= 11 is 0. The lowest BCUT2D eigenvalue weighted by molar-refractivity contribution is -0.137. The van der Waals surface area contributed by atoms with Crippen molar-refractivity contribution >= 4 is 23.1 Å². The van der Waals surface area contributed by atoms with Gasteiger partial charge in [0.25, 0.3) is 11.8 Å². The van der Waals surface area contributed by atoms with Crippen LogP contribution in [0.4, 0.5) is 5.69 Å². The van der Waals surface area contributed by atoms with E-state index in [2.05, 4.69) is 11.1 Å². The fourth-order valence-electron chi connectivity index (χ4n) is 4.35. The zero-order valence-corrected chi connectivity index (χ0v) is 17.8. The first kappa shape index (κ1) is 20.0. The molecule has 32 heavy (non-hydrogen) atoms. The number of anilines is 1. The van der Waals surface area contributed by atoms with Crippen molar-refractivity contribution in [3.63, 3.8) is 0 Å². The highest BCUT2D eigenvalue weighted by Gasteiger charge is 2.43. The Kier molecular flexibility index (Phi) is 5.19. The maximum Gasteiger partial charge on any atom is 0.278 e. The molecule has 5 rings (SSSR count). The number of rotatable bonds is 6. The smallest absolute Gasteiger partial charge is 0.278 e. The summed E-state index contributed by atoms with van der Waals surface area (Å²) in [7, 11) is 0. The molecule has 6 heteroatoms. The minimum atomic E-state index is -0.289. The lowest BCUT2D eigenvalue weighted by Crippen LogP contribution is -2.34. The number of carbonyl (C=O) groups excluding carboxylic acids is 2. The number of nitrogens with zero attached hydrogens (tertiary/aromatic N) is 3. The number of hydrogen-bond donors (Lipinski definition) is 0. The van der Waals surface area contributed by atoms with Crippen LogP contribution in [0.5, 0.6) is 5.75 Å². The monoisotopic (exact) mass is 425 g/mol. The van der Waals surface area contributed by atoms with Crippen LogP contribution in [0.1, 0.15) is 23.6 Å². The molecule has 0 spiro atoms. The number of amides is 2. The largest absolute Gasteiger partial charge is 0.494 e. The number of aromatic nitrogens is 1. The van der Waals surface area contributed by atoms with Crippen molar-refractivity contribution in [2.75, 3.05) is 18.1 Å². The molecule has 0 unspecified atom stereocenters. The standard InChI is InChI=1S/C26H23N3O3/c1-2-32-21-11-9-20(10-12-21)23-24(28-15-13-19-7-3-4-8-22(19)28)26(31)29(25(23)30)17-18-6-5-14-27-16-18/h3-12,14,16H,2,13,15,17H2,1H3. The number of hydrogen-bond acceptors (Lipinski definition) is 5. The molecule has 3 aromatic rings. The Morgan fingerprint density at radius 1 is 0.969 bits per heavy atom. The van der Waals surface area contributed by atoms with E-state index in [9.17, 15) is 9.59 Å². The second-order valence-electron chi connectivity index (χ2n) is 7.77. The Hall–Kier alpha value is -3.93. The summed E-state index contributed by atoms with van der Waals surface area (Å²) in [5.74, 6) is 0.163. The molecule has 0 N–H and O–H groups in total. The summed E-state index contributed by atoms with van der Waals surface area (Å²) in [6, 6.07) is 19.1. The van der Waals surface area contributed by atoms with Crippen LogP contribution >= 0.6 is 0 Å². The van der Waals surface area contributed by atoms with Crippen molar-refractivity contribution in [2.24, 2.45) is 0 Å². The quantitative estimate of drug-likeness (QED) is 0.562. The van der Waals surface area contributed by atoms with Crippen LogP contribution in [0.3, 0.4) is 0 Å². The van der Waals surface area contributed by atoms with Crippen molar-refractivity contribution in [3.05, 3.63) is 95.4 Å². The van der Waals surface area contributed by atoms with Gasteiger partial charge < -0.3 is 9.64 Å². The average molecular weight is 425 g/mol. The van der Waals surface area contributed by atoms with E-state index in [4.69, 9.17) is 4.74 Å². The Labute approximate surface area is 186 Å². The van der Waals surface area contributed by atoms with Crippen LogP contribution in [0.15, 0.2) is 78.8 Å². The SMILES string of the molecule is CCOc1ccc(C2=C(N3CCc4ccccc43)C(=O)N(Cc3cccnc3)C2=O)cc1. The third-order valence-corrected chi connectivity index (χ3v) is 5.82. The molecule has 160 valence electrons. The highest BCUT2D eigenvalue weighted by Crippen LogP contribution is 2.39. The molecule has 0 radical (unpaired) electrons. The molecule has 2 aliphatic rings. The van der Waals surface area contributed by atoms with Gasteiger partial charge >= 0.3 is 0 Å². The molecule has 0 saturated carbocycles. The zero-order chi connectivity index (χ0) is 22.1. The summed E-state index contributed by atoms with van der Waals surface area (Å²) in [6.45, 7) is 3.34. The predicted molar refractivity (Wildman–Crippen MR) is 122 cm³/mol. The Balaban J connectivity index is 1.59. The lowest BCUT2D eigenvalue weighted by atomic mass is 10.0. The molecule has 2 aromatic carbocycles. The van der Waals surface area contributed by atoms with E-state index in [1.807, 2.05) is 60.4 Å². The zero-order valence-electron chi connectivity index (χ0n) is 17.8. The molecule has 0 fully saturated rings. The first-order valence-corrected chi connectivity index (χ1v) is 10.8. The highest BCUT2D eigenvalue weighted by molar-refractivity contribution is 6.36. The molecule has 0 saturated heterocycles. The number of fused-ring (bicyclic) bond motifs is 1. The van der Waals surface area contributed by atoms with E-state index < -0.39 is 0 Å². The molecule has 0 bridgehead atoms. The molecule has 0 atom stereocenters. The van der Waals surface area contributed by atoms with Crippen LogP contribution in [0, 0.1) is 0 Å². The molecule has 0 aliphatic carbocycles. The van der Waals surface area contributed by atoms with Crippen LogP contribution in [0.2, 0.25) is 0 Å². The summed E-state index contributed by atoms with van der Waals surface area (Å²) in [4.78, 5) is 34.6.